The Labute approximate surface area is 165 Å². The van der Waals surface area contributed by atoms with Gasteiger partial charge in [-0.15, -0.1) is 0 Å². The van der Waals surface area contributed by atoms with Gasteiger partial charge in [-0.1, -0.05) is 58.4 Å². The number of carbonyl (C=O) groups excluding carboxylic acids is 1. The van der Waals surface area contributed by atoms with Gasteiger partial charge in [-0.05, 0) is 50.2 Å². The zero-order chi connectivity index (χ0) is 18.6. The molecule has 132 valence electrons. The van der Waals surface area contributed by atoms with Crippen molar-refractivity contribution in [2.45, 2.75) is 32.9 Å². The maximum atomic E-state index is 12.2. The molecule has 0 saturated heterocycles. The van der Waals surface area contributed by atoms with Crippen LogP contribution in [0.2, 0.25) is 0 Å². The van der Waals surface area contributed by atoms with E-state index in [1.807, 2.05) is 30.3 Å². The van der Waals surface area contributed by atoms with Crippen LogP contribution >= 0.6 is 15.9 Å². The van der Waals surface area contributed by atoms with Crippen LogP contribution in [0.25, 0.3) is 0 Å². The van der Waals surface area contributed by atoms with E-state index in [0.29, 0.717) is 5.75 Å². The first-order valence-corrected chi connectivity index (χ1v) is 10.3. The van der Waals surface area contributed by atoms with Gasteiger partial charge in [0, 0.05) is 6.07 Å². The van der Waals surface area contributed by atoms with Crippen LogP contribution in [0.4, 0.5) is 0 Å². The van der Waals surface area contributed by atoms with Crippen molar-refractivity contribution in [1.82, 2.24) is 0 Å². The summed E-state index contributed by atoms with van der Waals surface area (Å²) >= 11 is 3.35. The first-order valence-electron chi connectivity index (χ1n) is 8.31. The molecule has 3 aromatic rings. The smallest absolute Gasteiger partial charge is 0.327 e. The second-order valence-electron chi connectivity index (χ2n) is 6.27. The van der Waals surface area contributed by atoms with E-state index in [2.05, 4.69) is 70.5 Å². The number of carbonyl (C=O) groups is 1. The molecule has 2 nitrogen and oxygen atoms in total. The lowest BCUT2D eigenvalue weighted by molar-refractivity contribution is -0.136. The van der Waals surface area contributed by atoms with Crippen LogP contribution in [0, 0.1) is 0 Å². The summed E-state index contributed by atoms with van der Waals surface area (Å²) in [6, 6.07) is 28.6. The molecule has 0 bridgehead atoms. The van der Waals surface area contributed by atoms with Gasteiger partial charge in [-0.25, -0.2) is 0 Å². The van der Waals surface area contributed by atoms with Gasteiger partial charge >= 0.3 is 5.97 Å². The molecule has 0 spiro atoms. The van der Waals surface area contributed by atoms with E-state index in [9.17, 15) is 4.79 Å². The van der Waals surface area contributed by atoms with Crippen LogP contribution in [0.1, 0.15) is 13.8 Å². The Hall–Kier alpha value is -2.04. The molecule has 3 rings (SSSR count). The summed E-state index contributed by atoms with van der Waals surface area (Å²) in [5.74, 6) is 0.248. The Bertz CT molecular complexity index is 834. The average molecular weight is 428 g/mol. The third-order valence-electron chi connectivity index (χ3n) is 3.69. The van der Waals surface area contributed by atoms with Crippen molar-refractivity contribution in [2.24, 2.45) is 0 Å². The standard InChI is InChI=1S/C22H20BrO2S/c1-22(2,23)21(24)25-17-10-9-15-20(16-17)26(18-11-5-3-6-12-18)19-13-7-4-8-14-19/h3-16H,1-2H3/q+1. The fourth-order valence-electron chi connectivity index (χ4n) is 2.41. The van der Waals surface area contributed by atoms with E-state index in [1.54, 1.807) is 13.8 Å². The third-order valence-corrected chi connectivity index (χ3v) is 6.23. The molecule has 3 aromatic carbocycles. The van der Waals surface area contributed by atoms with Crippen LogP contribution in [-0.4, -0.2) is 10.3 Å². The van der Waals surface area contributed by atoms with Gasteiger partial charge in [0.15, 0.2) is 14.7 Å². The Kier molecular flexibility index (Phi) is 5.84. The maximum absolute atomic E-state index is 12.2. The summed E-state index contributed by atoms with van der Waals surface area (Å²) in [5.41, 5.74) is 0. The molecule has 0 aromatic heterocycles. The highest BCUT2D eigenvalue weighted by molar-refractivity contribution is 9.10. The molecule has 0 aliphatic rings. The number of ether oxygens (including phenoxy) is 1. The Balaban J connectivity index is 2.00. The summed E-state index contributed by atoms with van der Waals surface area (Å²) in [4.78, 5) is 15.7. The normalized spacial score (nSPS) is 11.4. The highest BCUT2D eigenvalue weighted by atomic mass is 79.9. The predicted octanol–water partition coefficient (Wildman–Crippen LogP) is 5.86. The topological polar surface area (TPSA) is 26.3 Å². The largest absolute Gasteiger partial charge is 0.425 e. The number of hydrogen-bond donors (Lipinski definition) is 0. The molecular formula is C22H20BrO2S+. The van der Waals surface area contributed by atoms with E-state index in [4.69, 9.17) is 4.74 Å². The zero-order valence-electron chi connectivity index (χ0n) is 14.7. The summed E-state index contributed by atoms with van der Waals surface area (Å²) in [7, 11) is -0.264. The number of rotatable bonds is 5. The van der Waals surface area contributed by atoms with Crippen LogP contribution in [0.3, 0.4) is 0 Å². The number of esters is 1. The molecule has 0 radical (unpaired) electrons. The minimum Gasteiger partial charge on any atom is -0.425 e. The summed E-state index contributed by atoms with van der Waals surface area (Å²) in [6.45, 7) is 3.55. The van der Waals surface area contributed by atoms with Gasteiger partial charge < -0.3 is 4.74 Å². The van der Waals surface area contributed by atoms with Crippen molar-refractivity contribution in [1.29, 1.82) is 0 Å². The van der Waals surface area contributed by atoms with E-state index in [1.165, 1.54) is 9.79 Å². The molecule has 0 saturated carbocycles. The Morgan fingerprint density at radius 3 is 1.81 bits per heavy atom. The SMILES string of the molecule is CC(C)(Br)C(=O)Oc1cccc([S+](c2ccccc2)c2ccccc2)c1. The zero-order valence-corrected chi connectivity index (χ0v) is 17.1. The van der Waals surface area contributed by atoms with Gasteiger partial charge in [-0.3, -0.25) is 4.79 Å². The van der Waals surface area contributed by atoms with Crippen molar-refractivity contribution >= 4 is 32.8 Å². The Morgan fingerprint density at radius 1 is 0.808 bits per heavy atom. The van der Waals surface area contributed by atoms with Crippen molar-refractivity contribution in [2.75, 3.05) is 0 Å². The van der Waals surface area contributed by atoms with Crippen molar-refractivity contribution in [3.8, 4) is 5.75 Å². The van der Waals surface area contributed by atoms with Gasteiger partial charge in [0.05, 0.1) is 10.9 Å². The lowest BCUT2D eigenvalue weighted by Gasteiger charge is -2.15. The van der Waals surface area contributed by atoms with Crippen LogP contribution < -0.4 is 4.74 Å². The molecule has 0 amide bonds. The van der Waals surface area contributed by atoms with Gasteiger partial charge in [-0.2, -0.15) is 0 Å². The highest BCUT2D eigenvalue weighted by Gasteiger charge is 2.30. The first-order chi connectivity index (χ1) is 12.4. The van der Waals surface area contributed by atoms with Crippen LogP contribution in [0.15, 0.2) is 99.6 Å². The molecular weight excluding hydrogens is 408 g/mol. The summed E-state index contributed by atoms with van der Waals surface area (Å²) in [6.07, 6.45) is 0. The molecule has 0 aliphatic carbocycles. The summed E-state index contributed by atoms with van der Waals surface area (Å²) in [5, 5.41) is 0. The number of hydrogen-bond acceptors (Lipinski definition) is 2. The van der Waals surface area contributed by atoms with Crippen molar-refractivity contribution < 1.29 is 9.53 Å². The van der Waals surface area contributed by atoms with Gasteiger partial charge in [0.2, 0.25) is 0 Å². The molecule has 0 fully saturated rings. The molecule has 0 aliphatic heterocycles. The van der Waals surface area contributed by atoms with E-state index in [0.717, 1.165) is 4.90 Å². The fourth-order valence-corrected chi connectivity index (χ4v) is 4.62. The van der Waals surface area contributed by atoms with E-state index in [-0.39, 0.29) is 16.9 Å². The van der Waals surface area contributed by atoms with Crippen LogP contribution in [-0.2, 0) is 15.7 Å². The van der Waals surface area contributed by atoms with E-state index < -0.39 is 4.32 Å². The van der Waals surface area contributed by atoms with Crippen LogP contribution in [0.5, 0.6) is 5.75 Å². The fraction of sp³-hybridized carbons (Fsp3) is 0.136. The predicted molar refractivity (Wildman–Crippen MR) is 110 cm³/mol. The molecule has 0 heterocycles. The first kappa shape index (κ1) is 18.7. The maximum Gasteiger partial charge on any atom is 0.327 e. The number of alkyl halides is 1. The highest BCUT2D eigenvalue weighted by Crippen LogP contribution is 2.33. The van der Waals surface area contributed by atoms with E-state index >= 15 is 0 Å². The molecule has 0 unspecified atom stereocenters. The average Bonchev–Trinajstić information content (AvgIpc) is 2.63. The minimum absolute atomic E-state index is 0.264. The molecule has 4 heteroatoms. The molecule has 0 N–H and O–H groups in total. The minimum atomic E-state index is -0.719. The lowest BCUT2D eigenvalue weighted by atomic mass is 10.2. The summed E-state index contributed by atoms with van der Waals surface area (Å²) < 4.78 is 4.84. The van der Waals surface area contributed by atoms with Crippen molar-refractivity contribution in [3.63, 3.8) is 0 Å². The van der Waals surface area contributed by atoms with Gasteiger partial charge in [0.1, 0.15) is 10.1 Å². The lowest BCUT2D eigenvalue weighted by Crippen LogP contribution is -2.29. The second kappa shape index (κ2) is 8.11. The van der Waals surface area contributed by atoms with Gasteiger partial charge in [0.25, 0.3) is 0 Å². The molecule has 0 atom stereocenters. The Morgan fingerprint density at radius 2 is 1.31 bits per heavy atom. The van der Waals surface area contributed by atoms with Crippen molar-refractivity contribution in [3.05, 3.63) is 84.9 Å². The number of halogens is 1. The molecule has 26 heavy (non-hydrogen) atoms. The third kappa shape index (κ3) is 4.57. The quantitative estimate of drug-likeness (QED) is 0.220. The second-order valence-corrected chi connectivity index (χ2v) is 10.3. The monoisotopic (exact) mass is 427 g/mol. The number of benzene rings is 3.